The molecule has 0 bridgehead atoms. The lowest BCUT2D eigenvalue weighted by atomic mass is 9.93. The maximum atomic E-state index is 12.7. The van der Waals surface area contributed by atoms with Crippen molar-refractivity contribution in [2.45, 2.75) is 45.0 Å². The zero-order chi connectivity index (χ0) is 22.2. The van der Waals surface area contributed by atoms with Crippen LogP contribution in [0, 0.1) is 16.7 Å². The van der Waals surface area contributed by atoms with Crippen LogP contribution in [0.15, 0.2) is 22.6 Å². The number of carbonyl (C=O) groups is 1. The number of amides is 1. The summed E-state index contributed by atoms with van der Waals surface area (Å²) in [6.07, 6.45) is -0.337. The van der Waals surface area contributed by atoms with Crippen LogP contribution in [-0.2, 0) is 4.79 Å². The van der Waals surface area contributed by atoms with Gasteiger partial charge in [0, 0.05) is 18.7 Å². The first kappa shape index (κ1) is 21.0. The number of anilines is 1. The van der Waals surface area contributed by atoms with E-state index in [0.29, 0.717) is 5.41 Å². The number of aromatic nitrogens is 2. The number of nitriles is 1. The number of rotatable bonds is 5. The van der Waals surface area contributed by atoms with Gasteiger partial charge in [-0.05, 0) is 56.2 Å². The van der Waals surface area contributed by atoms with Crippen LogP contribution in [0.1, 0.15) is 38.2 Å². The molecule has 0 unspecified atom stereocenters. The van der Waals surface area contributed by atoms with E-state index in [0.717, 1.165) is 38.1 Å². The number of nitrogens with zero attached hydrogens (tertiary/aromatic N) is 4. The van der Waals surface area contributed by atoms with Crippen LogP contribution < -0.4 is 10.1 Å². The zero-order valence-electron chi connectivity index (χ0n) is 16.7. The Labute approximate surface area is 176 Å². The molecule has 1 saturated heterocycles. The first-order chi connectivity index (χ1) is 14.7. The lowest BCUT2D eigenvalue weighted by Crippen LogP contribution is -2.45. The van der Waals surface area contributed by atoms with Crippen molar-refractivity contribution in [2.24, 2.45) is 5.41 Å². The van der Waals surface area contributed by atoms with Crippen LogP contribution in [0.5, 0.6) is 5.75 Å². The second-order valence-electron chi connectivity index (χ2n) is 7.97. The van der Waals surface area contributed by atoms with Gasteiger partial charge in [-0.2, -0.15) is 5.26 Å². The van der Waals surface area contributed by atoms with Gasteiger partial charge in [0.25, 0.3) is 0 Å². The summed E-state index contributed by atoms with van der Waals surface area (Å²) in [5.41, 5.74) is 0.388. The largest absolute Gasteiger partial charge is 0.573 e. The SMILES string of the molecule is C[C@@H](Nc1nnc(-c2ccc(OC(F)(F)F)c(C#N)c2)o1)C(=O)N1CCC2(CC1)CC2. The van der Waals surface area contributed by atoms with E-state index >= 15 is 0 Å². The quantitative estimate of drug-likeness (QED) is 0.763. The Bertz CT molecular complexity index is 1020. The number of ether oxygens (including phenoxy) is 1. The molecule has 1 N–H and O–H groups in total. The molecule has 164 valence electrons. The van der Waals surface area contributed by atoms with E-state index in [2.05, 4.69) is 20.3 Å². The van der Waals surface area contributed by atoms with Crippen molar-refractivity contribution >= 4 is 11.9 Å². The Balaban J connectivity index is 1.41. The molecular weight excluding hydrogens is 415 g/mol. The Morgan fingerprint density at radius 2 is 2.00 bits per heavy atom. The van der Waals surface area contributed by atoms with Gasteiger partial charge in [0.2, 0.25) is 11.8 Å². The van der Waals surface area contributed by atoms with Gasteiger partial charge in [0.05, 0.1) is 5.56 Å². The van der Waals surface area contributed by atoms with Crippen LogP contribution >= 0.6 is 0 Å². The number of halogens is 3. The summed E-state index contributed by atoms with van der Waals surface area (Å²) in [5.74, 6) is -0.688. The van der Waals surface area contributed by atoms with Crippen molar-refractivity contribution in [3.05, 3.63) is 23.8 Å². The van der Waals surface area contributed by atoms with Crippen LogP contribution in [0.2, 0.25) is 0 Å². The molecule has 4 rings (SSSR count). The maximum Gasteiger partial charge on any atom is 0.573 e. The Hall–Kier alpha value is -3.29. The molecule has 2 heterocycles. The number of hydrogen-bond donors (Lipinski definition) is 1. The second-order valence-corrected chi connectivity index (χ2v) is 7.97. The van der Waals surface area contributed by atoms with Crippen LogP contribution in [-0.4, -0.2) is 46.5 Å². The van der Waals surface area contributed by atoms with E-state index in [4.69, 9.17) is 9.68 Å². The van der Waals surface area contributed by atoms with Gasteiger partial charge in [0.15, 0.2) is 0 Å². The molecule has 1 amide bonds. The van der Waals surface area contributed by atoms with Crippen molar-refractivity contribution < 1.29 is 27.1 Å². The predicted octanol–water partition coefficient (Wildman–Crippen LogP) is 3.71. The fourth-order valence-electron chi connectivity index (χ4n) is 3.76. The molecule has 11 heteroatoms. The average molecular weight is 435 g/mol. The number of alkyl halides is 3. The van der Waals surface area contributed by atoms with Crippen molar-refractivity contribution in [3.63, 3.8) is 0 Å². The molecule has 1 spiro atoms. The van der Waals surface area contributed by atoms with Crippen molar-refractivity contribution in [2.75, 3.05) is 18.4 Å². The summed E-state index contributed by atoms with van der Waals surface area (Å²) in [6, 6.07) is 4.51. The molecule has 2 fully saturated rings. The third-order valence-electron chi connectivity index (χ3n) is 5.80. The highest BCUT2D eigenvalue weighted by atomic mass is 19.4. The predicted molar refractivity (Wildman–Crippen MR) is 102 cm³/mol. The van der Waals surface area contributed by atoms with Gasteiger partial charge in [-0.3, -0.25) is 4.79 Å². The smallest absolute Gasteiger partial charge is 0.404 e. The molecular formula is C20H20F3N5O3. The Kier molecular flexibility index (Phi) is 5.24. The molecule has 31 heavy (non-hydrogen) atoms. The fraction of sp³-hybridized carbons (Fsp3) is 0.500. The summed E-state index contributed by atoms with van der Waals surface area (Å²) in [4.78, 5) is 14.5. The van der Waals surface area contributed by atoms with Crippen molar-refractivity contribution in [1.82, 2.24) is 15.1 Å². The monoisotopic (exact) mass is 435 g/mol. The molecule has 8 nitrogen and oxygen atoms in total. The molecule has 1 aromatic carbocycles. The van der Waals surface area contributed by atoms with E-state index in [-0.39, 0.29) is 28.9 Å². The highest BCUT2D eigenvalue weighted by Gasteiger charge is 2.45. The van der Waals surface area contributed by atoms with E-state index < -0.39 is 18.2 Å². The molecule has 0 radical (unpaired) electrons. The highest BCUT2D eigenvalue weighted by Crippen LogP contribution is 2.53. The summed E-state index contributed by atoms with van der Waals surface area (Å²) in [7, 11) is 0. The number of likely N-dealkylation sites (tertiary alicyclic amines) is 1. The van der Waals surface area contributed by atoms with E-state index in [9.17, 15) is 18.0 Å². The molecule has 2 aromatic rings. The van der Waals surface area contributed by atoms with Crippen molar-refractivity contribution in [3.8, 4) is 23.3 Å². The number of benzene rings is 1. The first-order valence-electron chi connectivity index (χ1n) is 9.87. The van der Waals surface area contributed by atoms with E-state index in [1.807, 2.05) is 4.90 Å². The minimum atomic E-state index is -4.91. The van der Waals surface area contributed by atoms with Crippen LogP contribution in [0.3, 0.4) is 0 Å². The van der Waals surface area contributed by atoms with Gasteiger partial charge in [-0.15, -0.1) is 18.3 Å². The minimum absolute atomic E-state index is 0.000600. The normalized spacial score (nSPS) is 18.4. The summed E-state index contributed by atoms with van der Waals surface area (Å²) < 4.78 is 46.6. The summed E-state index contributed by atoms with van der Waals surface area (Å²) in [5, 5.41) is 19.7. The lowest BCUT2D eigenvalue weighted by molar-refractivity contribution is -0.274. The maximum absolute atomic E-state index is 12.7. The Morgan fingerprint density at radius 1 is 1.29 bits per heavy atom. The number of hydrogen-bond acceptors (Lipinski definition) is 7. The lowest BCUT2D eigenvalue weighted by Gasteiger charge is -2.33. The third-order valence-corrected chi connectivity index (χ3v) is 5.80. The molecule has 1 aromatic heterocycles. The first-order valence-corrected chi connectivity index (χ1v) is 9.87. The van der Waals surface area contributed by atoms with E-state index in [1.54, 1.807) is 13.0 Å². The van der Waals surface area contributed by atoms with Crippen LogP contribution in [0.25, 0.3) is 11.5 Å². The van der Waals surface area contributed by atoms with Crippen molar-refractivity contribution in [1.29, 1.82) is 5.26 Å². The second kappa shape index (κ2) is 7.76. The zero-order valence-corrected chi connectivity index (χ0v) is 16.7. The van der Waals surface area contributed by atoms with Gasteiger partial charge >= 0.3 is 12.4 Å². The van der Waals surface area contributed by atoms with E-state index in [1.165, 1.54) is 18.9 Å². The molecule has 1 atom stereocenters. The summed E-state index contributed by atoms with van der Waals surface area (Å²) >= 11 is 0. The number of carbonyl (C=O) groups excluding carboxylic acids is 1. The van der Waals surface area contributed by atoms with Gasteiger partial charge in [0.1, 0.15) is 17.9 Å². The third kappa shape index (κ3) is 4.73. The van der Waals surface area contributed by atoms with Gasteiger partial charge in [-0.25, -0.2) is 0 Å². The molecule has 1 aliphatic heterocycles. The van der Waals surface area contributed by atoms with Crippen LogP contribution in [0.4, 0.5) is 19.2 Å². The topological polar surface area (TPSA) is 104 Å². The van der Waals surface area contributed by atoms with Gasteiger partial charge in [-0.1, -0.05) is 5.10 Å². The highest BCUT2D eigenvalue weighted by molar-refractivity contribution is 5.83. The molecule has 2 aliphatic rings. The standard InChI is InChI=1S/C20H20F3N5O3/c1-12(17(29)28-8-6-19(4-5-19)7-9-28)25-18-27-26-16(30-18)13-2-3-15(14(10-13)11-24)31-20(21,22)23/h2-3,10,12H,4-9H2,1H3,(H,25,27)/t12-/m1/s1. The molecule has 1 aliphatic carbocycles. The summed E-state index contributed by atoms with van der Waals surface area (Å²) in [6.45, 7) is 3.18. The molecule has 1 saturated carbocycles. The number of nitrogens with one attached hydrogen (secondary N) is 1. The van der Waals surface area contributed by atoms with Gasteiger partial charge < -0.3 is 19.4 Å². The number of piperidine rings is 1. The minimum Gasteiger partial charge on any atom is -0.404 e. The average Bonchev–Trinajstić information content (AvgIpc) is 3.31. The fourth-order valence-corrected chi connectivity index (χ4v) is 3.76. The Morgan fingerprint density at radius 3 is 2.61 bits per heavy atom.